The molecule has 1 heterocycles. The molecule has 0 spiro atoms. The maximum Gasteiger partial charge on any atom is 0.337 e. The molecule has 7 heteroatoms. The summed E-state index contributed by atoms with van der Waals surface area (Å²) < 4.78 is 11.3. The van der Waals surface area contributed by atoms with Crippen molar-refractivity contribution in [1.29, 1.82) is 0 Å². The molecule has 1 aromatic rings. The lowest BCUT2D eigenvalue weighted by molar-refractivity contribution is -0.137. The zero-order valence-electron chi connectivity index (χ0n) is 22.1. The van der Waals surface area contributed by atoms with Crippen molar-refractivity contribution >= 4 is 20.2 Å². The topological polar surface area (TPSA) is 59.1 Å². The Balaban J connectivity index is 1.99. The van der Waals surface area contributed by atoms with E-state index < -0.39 is 8.32 Å². The van der Waals surface area contributed by atoms with Crippen LogP contribution in [0.1, 0.15) is 69.3 Å². The first-order chi connectivity index (χ1) is 16.0. The van der Waals surface area contributed by atoms with E-state index in [0.717, 1.165) is 24.8 Å². The number of hydrogen-bond donors (Lipinski definition) is 0. The van der Waals surface area contributed by atoms with Gasteiger partial charge in [0.2, 0.25) is 5.91 Å². The molecule has 1 unspecified atom stereocenters. The number of unbranched alkanes of at least 4 members (excludes halogenated alkanes) is 1. The predicted octanol–water partition coefficient (Wildman–Crippen LogP) is 5.05. The van der Waals surface area contributed by atoms with Crippen LogP contribution >= 0.6 is 0 Å². The number of nitrogens with zero attached hydrogens (tertiary/aromatic N) is 2. The van der Waals surface area contributed by atoms with Crippen molar-refractivity contribution in [2.24, 2.45) is 0 Å². The highest BCUT2D eigenvalue weighted by Gasteiger charge is 2.38. The third kappa shape index (κ3) is 7.97. The van der Waals surface area contributed by atoms with E-state index in [2.05, 4.69) is 52.6 Å². The van der Waals surface area contributed by atoms with E-state index in [-0.39, 0.29) is 23.0 Å². The second kappa shape index (κ2) is 12.5. The van der Waals surface area contributed by atoms with Gasteiger partial charge in [-0.15, -0.1) is 0 Å². The molecule has 1 amide bonds. The minimum Gasteiger partial charge on any atom is -0.465 e. The summed E-state index contributed by atoms with van der Waals surface area (Å²) in [4.78, 5) is 24.1. The maximum absolute atomic E-state index is 12.5. The normalized spacial score (nSPS) is 15.7. The van der Waals surface area contributed by atoms with Gasteiger partial charge < -0.3 is 9.16 Å². The largest absolute Gasteiger partial charge is 0.465 e. The van der Waals surface area contributed by atoms with Gasteiger partial charge in [0.1, 0.15) is 6.10 Å². The molecule has 1 aliphatic heterocycles. The average Bonchev–Trinajstić information content (AvgIpc) is 3.14. The molecule has 1 aromatic carbocycles. The lowest BCUT2D eigenvalue weighted by Gasteiger charge is -2.38. The van der Waals surface area contributed by atoms with Crippen LogP contribution in [0, 0.1) is 11.8 Å². The zero-order chi connectivity index (χ0) is 25.4. The van der Waals surface area contributed by atoms with Crippen LogP contribution in [0.2, 0.25) is 18.1 Å². The summed E-state index contributed by atoms with van der Waals surface area (Å²) >= 11 is 0. The lowest BCUT2D eigenvalue weighted by atomic mass is 10.1. The summed E-state index contributed by atoms with van der Waals surface area (Å²) in [5.41, 5.74) is 1.60. The smallest absolute Gasteiger partial charge is 0.337 e. The molecule has 188 valence electrons. The monoisotopic (exact) mass is 486 g/mol. The Morgan fingerprint density at radius 2 is 1.88 bits per heavy atom. The van der Waals surface area contributed by atoms with Gasteiger partial charge >= 0.3 is 5.97 Å². The first-order valence-corrected chi connectivity index (χ1v) is 15.3. The minimum atomic E-state index is -1.90. The molecule has 0 bridgehead atoms. The molecule has 2 rings (SSSR count). The molecule has 0 aliphatic carbocycles. The predicted molar refractivity (Wildman–Crippen MR) is 139 cm³/mol. The number of carbonyl (C=O) groups is 2. The van der Waals surface area contributed by atoms with Crippen molar-refractivity contribution in [3.05, 3.63) is 35.4 Å². The van der Waals surface area contributed by atoms with Gasteiger partial charge in [-0.25, -0.2) is 9.80 Å². The number of hydrazine groups is 1. The molecule has 0 aromatic heterocycles. The number of hydrogen-bond acceptors (Lipinski definition) is 5. The Hall–Kier alpha value is -2.14. The summed E-state index contributed by atoms with van der Waals surface area (Å²) in [6, 6.07) is 7.34. The van der Waals surface area contributed by atoms with Crippen molar-refractivity contribution in [3.8, 4) is 11.8 Å². The van der Waals surface area contributed by atoms with Gasteiger partial charge in [0.15, 0.2) is 8.32 Å². The number of carbonyl (C=O) groups excluding carboxylic acids is 2. The Labute approximate surface area is 207 Å². The molecular formula is C27H42N2O4Si. The van der Waals surface area contributed by atoms with E-state index in [0.29, 0.717) is 38.0 Å². The van der Waals surface area contributed by atoms with Gasteiger partial charge in [0.25, 0.3) is 0 Å². The van der Waals surface area contributed by atoms with E-state index in [1.807, 2.05) is 22.2 Å². The Morgan fingerprint density at radius 1 is 1.21 bits per heavy atom. The van der Waals surface area contributed by atoms with E-state index in [1.165, 1.54) is 7.11 Å². The van der Waals surface area contributed by atoms with Crippen LogP contribution in [0.5, 0.6) is 0 Å². The Bertz CT molecular complexity index is 881. The van der Waals surface area contributed by atoms with Gasteiger partial charge in [-0.2, -0.15) is 0 Å². The molecule has 1 aliphatic rings. The van der Waals surface area contributed by atoms with Crippen LogP contribution in [0.25, 0.3) is 0 Å². The number of esters is 1. The molecule has 1 saturated heterocycles. The summed E-state index contributed by atoms with van der Waals surface area (Å²) in [6.45, 7) is 15.3. The Kier molecular flexibility index (Phi) is 10.4. The van der Waals surface area contributed by atoms with E-state index in [4.69, 9.17) is 9.16 Å². The number of amides is 1. The standard InChI is InChI=1S/C27H42N2O4Si/c1-8-9-11-24(33-34(6,7)27(2,3)4)12-10-19-28-20-18-25(30)29(28)21-17-22-13-15-23(16-14-22)26(31)32-5/h13-16,24H,8-9,11,17-21H2,1-7H3. The summed E-state index contributed by atoms with van der Waals surface area (Å²) in [5.74, 6) is 6.48. The first kappa shape index (κ1) is 28.1. The van der Waals surface area contributed by atoms with Crippen LogP contribution in [-0.4, -0.2) is 63.1 Å². The minimum absolute atomic E-state index is 0.0547. The quantitative estimate of drug-likeness (QED) is 0.263. The van der Waals surface area contributed by atoms with Gasteiger partial charge in [-0.05, 0) is 48.7 Å². The molecule has 6 nitrogen and oxygen atoms in total. The summed E-state index contributed by atoms with van der Waals surface area (Å²) in [5, 5.41) is 4.01. The second-order valence-corrected chi connectivity index (χ2v) is 15.2. The van der Waals surface area contributed by atoms with Gasteiger partial charge in [0, 0.05) is 19.5 Å². The molecular weight excluding hydrogens is 444 g/mol. The molecule has 1 atom stereocenters. The number of ether oxygens (including phenoxy) is 1. The van der Waals surface area contributed by atoms with Crippen molar-refractivity contribution in [2.45, 2.75) is 84.0 Å². The van der Waals surface area contributed by atoms with Crippen molar-refractivity contribution < 1.29 is 18.8 Å². The van der Waals surface area contributed by atoms with E-state index in [9.17, 15) is 9.59 Å². The van der Waals surface area contributed by atoms with Gasteiger partial charge in [-0.3, -0.25) is 9.80 Å². The summed E-state index contributed by atoms with van der Waals surface area (Å²) in [7, 11) is -0.524. The third-order valence-electron chi connectivity index (χ3n) is 6.79. The molecule has 1 fully saturated rings. The fourth-order valence-corrected chi connectivity index (χ4v) is 4.80. The fraction of sp³-hybridized carbons (Fsp3) is 0.630. The molecule has 0 radical (unpaired) electrons. The highest BCUT2D eigenvalue weighted by molar-refractivity contribution is 6.74. The Morgan fingerprint density at radius 3 is 2.47 bits per heavy atom. The molecule has 0 N–H and O–H groups in total. The van der Waals surface area contributed by atoms with Crippen LogP contribution in [0.15, 0.2) is 24.3 Å². The molecule has 34 heavy (non-hydrogen) atoms. The third-order valence-corrected chi connectivity index (χ3v) is 11.3. The van der Waals surface area contributed by atoms with Gasteiger partial charge in [-0.1, -0.05) is 64.5 Å². The highest BCUT2D eigenvalue weighted by Crippen LogP contribution is 2.37. The van der Waals surface area contributed by atoms with Crippen LogP contribution < -0.4 is 0 Å². The number of benzene rings is 1. The highest BCUT2D eigenvalue weighted by atomic mass is 28.4. The van der Waals surface area contributed by atoms with E-state index in [1.54, 1.807) is 12.1 Å². The van der Waals surface area contributed by atoms with E-state index >= 15 is 0 Å². The van der Waals surface area contributed by atoms with Crippen molar-refractivity contribution in [3.63, 3.8) is 0 Å². The van der Waals surface area contributed by atoms with Crippen molar-refractivity contribution in [2.75, 3.05) is 26.7 Å². The van der Waals surface area contributed by atoms with Crippen LogP contribution in [-0.2, 0) is 20.4 Å². The maximum atomic E-state index is 12.5. The molecule has 0 saturated carbocycles. The first-order valence-electron chi connectivity index (χ1n) is 12.4. The van der Waals surface area contributed by atoms with Crippen molar-refractivity contribution in [1.82, 2.24) is 10.0 Å². The fourth-order valence-electron chi connectivity index (χ4n) is 3.56. The zero-order valence-corrected chi connectivity index (χ0v) is 23.1. The SMILES string of the molecule is CCCCC(C#CCN1CCC(=O)N1CCc1ccc(C(=O)OC)cc1)O[Si](C)(C)C(C)(C)C. The summed E-state index contributed by atoms with van der Waals surface area (Å²) in [6.07, 6.45) is 4.33. The number of methoxy groups -OCH3 is 1. The van der Waals surface area contributed by atoms with Gasteiger partial charge in [0.05, 0.1) is 19.2 Å². The van der Waals surface area contributed by atoms with Crippen LogP contribution in [0.3, 0.4) is 0 Å². The lowest BCUT2D eigenvalue weighted by Crippen LogP contribution is -2.43. The van der Waals surface area contributed by atoms with Crippen LogP contribution in [0.4, 0.5) is 0 Å². The number of rotatable bonds is 10. The second-order valence-electron chi connectivity index (χ2n) is 10.4. The average molecular weight is 487 g/mol.